The molecule has 1 aliphatic heterocycles. The molecule has 2 N–H and O–H groups in total. The molecule has 44 heavy (non-hydrogen) atoms. The number of amides is 1. The Kier molecular flexibility index (Phi) is 9.75. The number of hydrogen-bond donors (Lipinski definition) is 2. The lowest BCUT2D eigenvalue weighted by Crippen LogP contribution is -2.40. The molecule has 9 heteroatoms. The van der Waals surface area contributed by atoms with Crippen LogP contribution in [0.4, 0.5) is 17.1 Å². The van der Waals surface area contributed by atoms with Crippen molar-refractivity contribution in [3.8, 4) is 22.6 Å². The average molecular weight is 659 g/mol. The van der Waals surface area contributed by atoms with E-state index in [0.717, 1.165) is 65.4 Å². The summed E-state index contributed by atoms with van der Waals surface area (Å²) in [5.74, 6) is -0.316. The van der Waals surface area contributed by atoms with Gasteiger partial charge in [-0.1, -0.05) is 52.3 Å². The number of rotatable bonds is 10. The quantitative estimate of drug-likeness (QED) is 0.169. The fourth-order valence-electron chi connectivity index (χ4n) is 5.53. The first-order valence-electron chi connectivity index (χ1n) is 14.6. The summed E-state index contributed by atoms with van der Waals surface area (Å²) < 4.78 is 11.2. The molecule has 4 aromatic carbocycles. The summed E-state index contributed by atoms with van der Waals surface area (Å²) >= 11 is 3.48. The van der Waals surface area contributed by atoms with Gasteiger partial charge in [-0.25, -0.2) is 9.80 Å². The zero-order valence-electron chi connectivity index (χ0n) is 25.1. The molecule has 0 saturated carbocycles. The van der Waals surface area contributed by atoms with Crippen LogP contribution in [0.25, 0.3) is 11.1 Å². The highest BCUT2D eigenvalue weighted by atomic mass is 79.9. The zero-order valence-corrected chi connectivity index (χ0v) is 26.7. The number of benzene rings is 4. The van der Waals surface area contributed by atoms with Crippen molar-refractivity contribution in [2.75, 3.05) is 42.6 Å². The Balaban J connectivity index is 1.51. The van der Waals surface area contributed by atoms with Crippen molar-refractivity contribution in [3.05, 3.63) is 100 Å². The molecule has 1 fully saturated rings. The highest BCUT2D eigenvalue weighted by Gasteiger charge is 2.26. The average Bonchev–Trinajstić information content (AvgIpc) is 3.05. The molecular weight excluding hydrogens is 622 g/mol. The number of nitrogens with one attached hydrogen (secondary N) is 1. The van der Waals surface area contributed by atoms with E-state index in [1.165, 1.54) is 19.6 Å². The Labute approximate surface area is 266 Å². The number of aryl methyl sites for hydroxylation is 1. The van der Waals surface area contributed by atoms with Crippen molar-refractivity contribution in [3.63, 3.8) is 0 Å². The number of carbonyl (C=O) groups excluding carboxylic acids is 1. The van der Waals surface area contributed by atoms with Gasteiger partial charge in [-0.05, 0) is 90.9 Å². The van der Waals surface area contributed by atoms with E-state index in [0.29, 0.717) is 10.0 Å². The fraction of sp³-hybridized carbons (Fsp3) is 0.257. The van der Waals surface area contributed by atoms with Gasteiger partial charge in [-0.3, -0.25) is 10.2 Å². The van der Waals surface area contributed by atoms with Gasteiger partial charge in [-0.15, -0.1) is 0 Å². The van der Waals surface area contributed by atoms with E-state index in [1.54, 1.807) is 18.2 Å². The van der Waals surface area contributed by atoms with Crippen LogP contribution in [0.15, 0.2) is 83.3 Å². The number of carbonyl (C=O) groups is 2. The van der Waals surface area contributed by atoms with Gasteiger partial charge >= 0.3 is 5.97 Å². The van der Waals surface area contributed by atoms with Crippen molar-refractivity contribution in [2.45, 2.75) is 32.6 Å². The monoisotopic (exact) mass is 657 g/mol. The Hall–Kier alpha value is -4.50. The van der Waals surface area contributed by atoms with Crippen LogP contribution in [0.3, 0.4) is 0 Å². The first-order chi connectivity index (χ1) is 21.3. The third-order valence-electron chi connectivity index (χ3n) is 7.88. The molecule has 0 radical (unpaired) electrons. The number of ether oxygens (including phenoxy) is 2. The summed E-state index contributed by atoms with van der Waals surface area (Å²) in [6.45, 7) is 3.86. The van der Waals surface area contributed by atoms with Crippen LogP contribution in [-0.4, -0.2) is 44.3 Å². The minimum Gasteiger partial charge on any atom is -0.497 e. The second-order valence-electron chi connectivity index (χ2n) is 10.8. The predicted octanol–water partition coefficient (Wildman–Crippen LogP) is 7.73. The second-order valence-corrected chi connectivity index (χ2v) is 11.6. The van der Waals surface area contributed by atoms with Crippen LogP contribution < -0.4 is 24.8 Å². The third kappa shape index (κ3) is 6.83. The van der Waals surface area contributed by atoms with Gasteiger partial charge in [0.05, 0.1) is 37.7 Å². The zero-order chi connectivity index (χ0) is 31.2. The number of anilines is 3. The molecule has 1 amide bonds. The van der Waals surface area contributed by atoms with Crippen molar-refractivity contribution in [1.82, 2.24) is 0 Å². The maximum Gasteiger partial charge on any atom is 0.339 e. The highest BCUT2D eigenvalue weighted by molar-refractivity contribution is 9.10. The molecule has 228 valence electrons. The van der Waals surface area contributed by atoms with Crippen LogP contribution in [0, 0.1) is 6.92 Å². The molecule has 0 aromatic heterocycles. The van der Waals surface area contributed by atoms with E-state index >= 15 is 0 Å². The second kappa shape index (κ2) is 13.9. The van der Waals surface area contributed by atoms with Crippen LogP contribution in [0.1, 0.15) is 40.7 Å². The lowest BCUT2D eigenvalue weighted by molar-refractivity contribution is -0.117. The van der Waals surface area contributed by atoms with E-state index in [-0.39, 0.29) is 23.6 Å². The number of hydrogen-bond acceptors (Lipinski definition) is 6. The molecule has 1 aliphatic rings. The molecule has 0 unspecified atom stereocenters. The normalized spacial score (nSPS) is 12.9. The number of aromatic carboxylic acids is 1. The molecule has 0 bridgehead atoms. The van der Waals surface area contributed by atoms with Gasteiger partial charge in [0, 0.05) is 17.6 Å². The number of para-hydroxylation sites is 1. The van der Waals surface area contributed by atoms with Crippen molar-refractivity contribution < 1.29 is 24.2 Å². The minimum atomic E-state index is -1.10. The van der Waals surface area contributed by atoms with Gasteiger partial charge in [0.25, 0.3) is 0 Å². The van der Waals surface area contributed by atoms with E-state index in [4.69, 9.17) is 9.47 Å². The van der Waals surface area contributed by atoms with Crippen molar-refractivity contribution in [1.29, 1.82) is 0 Å². The van der Waals surface area contributed by atoms with Gasteiger partial charge in [0.15, 0.2) is 0 Å². The standard InChI is InChI=1S/C35H36BrN3O5/c1-23-8-7-9-31(38-18-5-4-6-19-38)34(23)39(33(40)21-26-20-32(44-3)29(35(41)42)22-30(26)36)37-27-14-10-24(11-15-27)25-12-16-28(43-2)17-13-25/h7-17,20,22,37H,4-6,18-19,21H2,1-3H3,(H,41,42). The SMILES string of the molecule is COc1ccc(-c2ccc(NN(C(=O)Cc3cc(OC)c(C(=O)O)cc3Br)c3c(C)cccc3N3CCCCC3)cc2)cc1. The third-order valence-corrected chi connectivity index (χ3v) is 8.61. The molecule has 1 saturated heterocycles. The maximum absolute atomic E-state index is 14.3. The molecule has 4 aromatic rings. The summed E-state index contributed by atoms with van der Waals surface area (Å²) in [6.07, 6.45) is 3.40. The van der Waals surface area contributed by atoms with Crippen molar-refractivity contribution >= 4 is 44.9 Å². The smallest absolute Gasteiger partial charge is 0.339 e. The first-order valence-corrected chi connectivity index (χ1v) is 15.4. The minimum absolute atomic E-state index is 0.00154. The van der Waals surface area contributed by atoms with Gasteiger partial charge < -0.3 is 19.5 Å². The summed E-state index contributed by atoms with van der Waals surface area (Å²) in [5.41, 5.74) is 9.64. The number of halogens is 1. The van der Waals surface area contributed by atoms with Gasteiger partial charge in [-0.2, -0.15) is 0 Å². The summed E-state index contributed by atoms with van der Waals surface area (Å²) in [6, 6.07) is 25.0. The summed E-state index contributed by atoms with van der Waals surface area (Å²) in [5, 5.41) is 11.2. The summed E-state index contributed by atoms with van der Waals surface area (Å²) in [4.78, 5) is 28.4. The Bertz CT molecular complexity index is 1630. The number of methoxy groups -OCH3 is 2. The molecule has 1 heterocycles. The van der Waals surface area contributed by atoms with E-state index in [2.05, 4.69) is 32.3 Å². The van der Waals surface area contributed by atoms with E-state index in [9.17, 15) is 14.7 Å². The number of carboxylic acid groups (broad SMARTS) is 1. The molecule has 0 atom stereocenters. The van der Waals surface area contributed by atoms with Gasteiger partial charge in [0.2, 0.25) is 5.91 Å². The van der Waals surface area contributed by atoms with Gasteiger partial charge in [0.1, 0.15) is 17.1 Å². The van der Waals surface area contributed by atoms with Crippen LogP contribution in [0.5, 0.6) is 11.5 Å². The van der Waals surface area contributed by atoms with Crippen LogP contribution in [-0.2, 0) is 11.2 Å². The fourth-order valence-corrected chi connectivity index (χ4v) is 6.01. The Morgan fingerprint density at radius 1 is 0.909 bits per heavy atom. The number of hydrazine groups is 1. The molecular formula is C35H36BrN3O5. The lowest BCUT2D eigenvalue weighted by Gasteiger charge is -2.35. The Morgan fingerprint density at radius 2 is 1.57 bits per heavy atom. The highest BCUT2D eigenvalue weighted by Crippen LogP contribution is 2.36. The molecule has 0 spiro atoms. The number of piperidine rings is 1. The van der Waals surface area contributed by atoms with Crippen LogP contribution in [0.2, 0.25) is 0 Å². The first kappa shape index (κ1) is 30.9. The van der Waals surface area contributed by atoms with E-state index in [1.807, 2.05) is 67.6 Å². The topological polar surface area (TPSA) is 91.3 Å². The molecule has 8 nitrogen and oxygen atoms in total. The summed E-state index contributed by atoms with van der Waals surface area (Å²) in [7, 11) is 3.07. The van der Waals surface area contributed by atoms with E-state index < -0.39 is 5.97 Å². The molecule has 5 rings (SSSR count). The van der Waals surface area contributed by atoms with Crippen LogP contribution >= 0.6 is 15.9 Å². The largest absolute Gasteiger partial charge is 0.497 e. The Morgan fingerprint density at radius 3 is 2.18 bits per heavy atom. The predicted molar refractivity (Wildman–Crippen MR) is 178 cm³/mol. The lowest BCUT2D eigenvalue weighted by atomic mass is 10.0. The maximum atomic E-state index is 14.3. The number of carboxylic acids is 1. The van der Waals surface area contributed by atoms with Crippen molar-refractivity contribution in [2.24, 2.45) is 0 Å². The number of nitrogens with zero attached hydrogens (tertiary/aromatic N) is 2. The molecule has 0 aliphatic carbocycles.